The van der Waals surface area contributed by atoms with Gasteiger partial charge in [0.05, 0.1) is 5.71 Å². The van der Waals surface area contributed by atoms with Crippen molar-refractivity contribution < 1.29 is 0 Å². The van der Waals surface area contributed by atoms with E-state index >= 15 is 0 Å². The van der Waals surface area contributed by atoms with Gasteiger partial charge in [-0.15, -0.1) is 12.4 Å². The van der Waals surface area contributed by atoms with E-state index in [1.807, 2.05) is 6.92 Å². The second-order valence-corrected chi connectivity index (χ2v) is 5.12. The number of nitrogens with one attached hydrogen (secondary N) is 1. The quantitative estimate of drug-likeness (QED) is 0.434. The van der Waals surface area contributed by atoms with Gasteiger partial charge in [0.25, 0.3) is 0 Å². The van der Waals surface area contributed by atoms with Crippen molar-refractivity contribution in [2.75, 3.05) is 7.05 Å². The number of guanidine groups is 1. The number of aliphatic imine (C=N–C) groups is 1. The molecule has 1 aliphatic rings. The number of hydrogen-bond acceptors (Lipinski definition) is 2. The van der Waals surface area contributed by atoms with E-state index in [1.165, 1.54) is 22.3 Å². The van der Waals surface area contributed by atoms with Crippen LogP contribution in [0.15, 0.2) is 52.6 Å². The minimum absolute atomic E-state index is 0. The number of nitrogens with zero attached hydrogens (tertiary/aromatic N) is 2. The van der Waals surface area contributed by atoms with E-state index in [0.29, 0.717) is 5.96 Å². The SMILES string of the molecule is CN=C(N)NN=C(C)c1ccc2c(c1)Cc1ccccc1-2.Cl. The van der Waals surface area contributed by atoms with E-state index in [9.17, 15) is 0 Å². The maximum atomic E-state index is 5.58. The van der Waals surface area contributed by atoms with Gasteiger partial charge in [-0.2, -0.15) is 5.10 Å². The first-order valence-electron chi connectivity index (χ1n) is 6.93. The molecule has 114 valence electrons. The molecule has 0 saturated heterocycles. The first kappa shape index (κ1) is 16.0. The molecule has 22 heavy (non-hydrogen) atoms. The normalized spacial score (nSPS) is 13.2. The maximum absolute atomic E-state index is 5.58. The average Bonchev–Trinajstić information content (AvgIpc) is 2.89. The predicted octanol–water partition coefficient (Wildman–Crippen LogP) is 2.94. The monoisotopic (exact) mass is 314 g/mol. The van der Waals surface area contributed by atoms with Crippen LogP contribution in [0.4, 0.5) is 0 Å². The first-order chi connectivity index (χ1) is 10.2. The number of hydrazone groups is 1. The fourth-order valence-electron chi connectivity index (χ4n) is 2.63. The minimum Gasteiger partial charge on any atom is -0.369 e. The van der Waals surface area contributed by atoms with Crippen LogP contribution in [0, 0.1) is 0 Å². The zero-order chi connectivity index (χ0) is 14.8. The summed E-state index contributed by atoms with van der Waals surface area (Å²) in [6.07, 6.45) is 0.985. The second kappa shape index (κ2) is 6.62. The molecule has 0 spiro atoms. The molecule has 0 bridgehead atoms. The van der Waals surface area contributed by atoms with Crippen LogP contribution >= 0.6 is 12.4 Å². The maximum Gasteiger partial charge on any atom is 0.209 e. The first-order valence-corrected chi connectivity index (χ1v) is 6.93. The highest BCUT2D eigenvalue weighted by Crippen LogP contribution is 2.36. The van der Waals surface area contributed by atoms with Gasteiger partial charge >= 0.3 is 0 Å². The summed E-state index contributed by atoms with van der Waals surface area (Å²) >= 11 is 0. The van der Waals surface area contributed by atoms with Crippen LogP contribution in [0.25, 0.3) is 11.1 Å². The van der Waals surface area contributed by atoms with Gasteiger partial charge in [0.2, 0.25) is 5.96 Å². The van der Waals surface area contributed by atoms with Gasteiger partial charge in [0.15, 0.2) is 0 Å². The molecule has 0 radical (unpaired) electrons. The highest BCUT2D eigenvalue weighted by Gasteiger charge is 2.18. The van der Waals surface area contributed by atoms with Crippen LogP contribution in [0.3, 0.4) is 0 Å². The molecule has 0 aliphatic heterocycles. The van der Waals surface area contributed by atoms with E-state index < -0.39 is 0 Å². The molecule has 0 unspecified atom stereocenters. The van der Waals surface area contributed by atoms with E-state index in [1.54, 1.807) is 7.05 Å². The van der Waals surface area contributed by atoms with Crippen molar-refractivity contribution in [3.8, 4) is 11.1 Å². The van der Waals surface area contributed by atoms with Crippen LogP contribution < -0.4 is 11.2 Å². The van der Waals surface area contributed by atoms with Gasteiger partial charge in [-0.3, -0.25) is 4.99 Å². The highest BCUT2D eigenvalue weighted by molar-refractivity contribution is 6.00. The third-order valence-electron chi connectivity index (χ3n) is 3.79. The van der Waals surface area contributed by atoms with Crippen LogP contribution in [-0.4, -0.2) is 18.7 Å². The zero-order valence-corrected chi connectivity index (χ0v) is 13.4. The molecule has 5 heteroatoms. The van der Waals surface area contributed by atoms with Crippen LogP contribution in [0.1, 0.15) is 23.6 Å². The summed E-state index contributed by atoms with van der Waals surface area (Å²) in [6.45, 7) is 1.96. The lowest BCUT2D eigenvalue weighted by Crippen LogP contribution is -2.27. The average molecular weight is 315 g/mol. The van der Waals surface area contributed by atoms with Crippen molar-refractivity contribution in [2.24, 2.45) is 15.8 Å². The van der Waals surface area contributed by atoms with E-state index in [-0.39, 0.29) is 12.4 Å². The molecule has 4 nitrogen and oxygen atoms in total. The van der Waals surface area contributed by atoms with Crippen LogP contribution in [0.2, 0.25) is 0 Å². The Kier molecular flexibility index (Phi) is 4.83. The molecule has 0 fully saturated rings. The highest BCUT2D eigenvalue weighted by atomic mass is 35.5. The summed E-state index contributed by atoms with van der Waals surface area (Å²) in [5.41, 5.74) is 15.7. The Morgan fingerprint density at radius 2 is 1.82 bits per heavy atom. The Morgan fingerprint density at radius 3 is 2.59 bits per heavy atom. The van der Waals surface area contributed by atoms with Crippen LogP contribution in [-0.2, 0) is 6.42 Å². The number of rotatable bonds is 2. The topological polar surface area (TPSA) is 62.8 Å². The lowest BCUT2D eigenvalue weighted by Gasteiger charge is -2.06. The third-order valence-corrected chi connectivity index (χ3v) is 3.79. The van der Waals surface area contributed by atoms with Gasteiger partial charge in [-0.25, -0.2) is 5.43 Å². The molecule has 2 aromatic rings. The molecule has 2 aromatic carbocycles. The van der Waals surface area contributed by atoms with E-state index in [4.69, 9.17) is 5.73 Å². The van der Waals surface area contributed by atoms with Crippen molar-refractivity contribution in [1.29, 1.82) is 0 Å². The molecular weight excluding hydrogens is 296 g/mol. The Hall–Kier alpha value is -2.33. The van der Waals surface area contributed by atoms with Gasteiger partial charge in [-0.05, 0) is 47.2 Å². The van der Waals surface area contributed by atoms with Gasteiger partial charge in [-0.1, -0.05) is 36.4 Å². The summed E-state index contributed by atoms with van der Waals surface area (Å²) < 4.78 is 0. The molecule has 0 saturated carbocycles. The number of hydrogen-bond donors (Lipinski definition) is 2. The molecular formula is C17H19ClN4. The van der Waals surface area contributed by atoms with Crippen molar-refractivity contribution in [3.63, 3.8) is 0 Å². The largest absolute Gasteiger partial charge is 0.369 e. The summed E-state index contributed by atoms with van der Waals surface area (Å²) in [5.74, 6) is 0.308. The predicted molar refractivity (Wildman–Crippen MR) is 94.8 cm³/mol. The molecule has 0 aromatic heterocycles. The Morgan fingerprint density at radius 1 is 1.09 bits per heavy atom. The third kappa shape index (κ3) is 2.97. The summed E-state index contributed by atoms with van der Waals surface area (Å²) in [6, 6.07) is 15.0. The number of benzene rings is 2. The lowest BCUT2D eigenvalue weighted by atomic mass is 10.0. The van der Waals surface area contributed by atoms with Crippen molar-refractivity contribution in [2.45, 2.75) is 13.3 Å². The van der Waals surface area contributed by atoms with Gasteiger partial charge in [0.1, 0.15) is 0 Å². The summed E-state index contributed by atoms with van der Waals surface area (Å²) in [7, 11) is 1.62. The lowest BCUT2D eigenvalue weighted by molar-refractivity contribution is 0.997. The molecule has 0 heterocycles. The molecule has 0 atom stereocenters. The number of fused-ring (bicyclic) bond motifs is 3. The summed E-state index contributed by atoms with van der Waals surface area (Å²) in [5, 5.41) is 4.25. The minimum atomic E-state index is 0. The van der Waals surface area contributed by atoms with Crippen molar-refractivity contribution in [3.05, 3.63) is 59.2 Å². The van der Waals surface area contributed by atoms with Crippen molar-refractivity contribution in [1.82, 2.24) is 5.43 Å². The van der Waals surface area contributed by atoms with Crippen molar-refractivity contribution >= 4 is 24.1 Å². The van der Waals surface area contributed by atoms with E-state index in [2.05, 4.69) is 58.0 Å². The fourth-order valence-corrected chi connectivity index (χ4v) is 2.63. The van der Waals surface area contributed by atoms with Gasteiger partial charge in [0, 0.05) is 7.05 Å². The molecule has 3 rings (SSSR count). The molecule has 0 amide bonds. The van der Waals surface area contributed by atoms with Gasteiger partial charge < -0.3 is 5.73 Å². The standard InChI is InChI=1S/C17H18N4.ClH/c1-11(20-21-17(18)19-2)12-7-8-16-14(9-12)10-13-5-3-4-6-15(13)16;/h3-9H,10H2,1-2H3,(H3,18,19,21);1H. The zero-order valence-electron chi connectivity index (χ0n) is 12.6. The Balaban J connectivity index is 0.00000176. The Bertz CT molecular complexity index is 750. The van der Waals surface area contributed by atoms with Crippen LogP contribution in [0.5, 0.6) is 0 Å². The number of nitrogens with two attached hydrogens (primary N) is 1. The fraction of sp³-hybridized carbons (Fsp3) is 0.176. The Labute approximate surface area is 136 Å². The van der Waals surface area contributed by atoms with E-state index in [0.717, 1.165) is 17.7 Å². The number of halogens is 1. The second-order valence-electron chi connectivity index (χ2n) is 5.12. The summed E-state index contributed by atoms with van der Waals surface area (Å²) in [4.78, 5) is 3.82. The molecule has 1 aliphatic carbocycles. The smallest absolute Gasteiger partial charge is 0.209 e. The molecule has 3 N–H and O–H groups in total.